The molecule has 3 rings (SSSR count). The normalized spacial score (nSPS) is 19.0. The maximum Gasteiger partial charge on any atom is 0.312 e. The number of benzene rings is 1. The summed E-state index contributed by atoms with van der Waals surface area (Å²) in [6.07, 6.45) is 8.81. The molecule has 0 atom stereocenters. The number of ether oxygens (including phenoxy) is 2. The lowest BCUT2D eigenvalue weighted by molar-refractivity contribution is -0.161. The zero-order chi connectivity index (χ0) is 16.1. The molecular formula is C20H28O3. The van der Waals surface area contributed by atoms with Crippen LogP contribution in [0.2, 0.25) is 0 Å². The fraction of sp³-hybridized carbons (Fsp3) is 0.650. The first-order valence-corrected chi connectivity index (χ1v) is 9.11. The molecule has 0 unspecified atom stereocenters. The number of esters is 1. The van der Waals surface area contributed by atoms with Gasteiger partial charge in [0.05, 0.1) is 18.6 Å². The molecule has 0 aromatic heterocycles. The van der Waals surface area contributed by atoms with Crippen molar-refractivity contribution in [3.05, 3.63) is 29.8 Å². The van der Waals surface area contributed by atoms with Crippen molar-refractivity contribution in [3.8, 4) is 5.75 Å². The molecule has 23 heavy (non-hydrogen) atoms. The van der Waals surface area contributed by atoms with Gasteiger partial charge >= 0.3 is 5.97 Å². The van der Waals surface area contributed by atoms with Crippen molar-refractivity contribution in [1.29, 1.82) is 0 Å². The van der Waals surface area contributed by atoms with Gasteiger partial charge < -0.3 is 9.47 Å². The van der Waals surface area contributed by atoms with E-state index in [1.165, 1.54) is 18.4 Å². The first-order valence-electron chi connectivity index (χ1n) is 9.11. The van der Waals surface area contributed by atoms with Crippen LogP contribution in [-0.2, 0) is 16.0 Å². The van der Waals surface area contributed by atoms with Crippen molar-refractivity contribution in [2.24, 2.45) is 11.3 Å². The van der Waals surface area contributed by atoms with E-state index in [4.69, 9.17) is 9.47 Å². The molecule has 0 amide bonds. The third-order valence-corrected chi connectivity index (χ3v) is 5.25. The van der Waals surface area contributed by atoms with Crippen molar-refractivity contribution in [2.45, 2.75) is 58.3 Å². The Morgan fingerprint density at radius 2 is 1.96 bits per heavy atom. The summed E-state index contributed by atoms with van der Waals surface area (Å²) >= 11 is 0. The number of aryl methyl sites for hydroxylation is 1. The first-order chi connectivity index (χ1) is 11.2. The molecule has 1 aromatic rings. The standard InChI is InChI=1S/C20H28O3/c1-2-22-19(21)20(13-4-14-20)12-3-5-16-8-10-18(11-9-16)23-15-17-6-7-17/h8-11,17H,2-7,12-15H2,1H3. The molecule has 2 fully saturated rings. The Hall–Kier alpha value is -1.51. The summed E-state index contributed by atoms with van der Waals surface area (Å²) in [5, 5.41) is 0. The lowest BCUT2D eigenvalue weighted by atomic mass is 9.66. The lowest BCUT2D eigenvalue weighted by Crippen LogP contribution is -2.39. The molecule has 0 radical (unpaired) electrons. The highest BCUT2D eigenvalue weighted by Crippen LogP contribution is 2.46. The summed E-state index contributed by atoms with van der Waals surface area (Å²) in [4.78, 5) is 12.1. The van der Waals surface area contributed by atoms with E-state index in [-0.39, 0.29) is 11.4 Å². The third-order valence-electron chi connectivity index (χ3n) is 5.25. The van der Waals surface area contributed by atoms with Crippen LogP contribution in [0, 0.1) is 11.3 Å². The average molecular weight is 316 g/mol. The number of carbonyl (C=O) groups is 1. The third kappa shape index (κ3) is 4.27. The van der Waals surface area contributed by atoms with E-state index in [9.17, 15) is 4.79 Å². The maximum absolute atomic E-state index is 12.1. The van der Waals surface area contributed by atoms with E-state index in [0.29, 0.717) is 6.61 Å². The van der Waals surface area contributed by atoms with Gasteiger partial charge in [-0.15, -0.1) is 0 Å². The van der Waals surface area contributed by atoms with Crippen LogP contribution in [0.25, 0.3) is 0 Å². The van der Waals surface area contributed by atoms with Gasteiger partial charge in [0.1, 0.15) is 5.75 Å². The van der Waals surface area contributed by atoms with E-state index < -0.39 is 0 Å². The Bertz CT molecular complexity index is 512. The molecule has 2 aliphatic rings. The van der Waals surface area contributed by atoms with Gasteiger partial charge in [-0.05, 0) is 75.5 Å². The van der Waals surface area contributed by atoms with Crippen LogP contribution in [-0.4, -0.2) is 19.2 Å². The van der Waals surface area contributed by atoms with Gasteiger partial charge in [-0.3, -0.25) is 4.79 Å². The lowest BCUT2D eigenvalue weighted by Gasteiger charge is -2.39. The van der Waals surface area contributed by atoms with E-state index in [1.54, 1.807) is 0 Å². The second-order valence-electron chi connectivity index (χ2n) is 7.11. The van der Waals surface area contributed by atoms with Crippen molar-refractivity contribution in [3.63, 3.8) is 0 Å². The fourth-order valence-corrected chi connectivity index (χ4v) is 3.33. The maximum atomic E-state index is 12.1. The quantitative estimate of drug-likeness (QED) is 0.628. The molecule has 0 saturated heterocycles. The molecule has 0 spiro atoms. The number of rotatable bonds is 9. The molecule has 0 aliphatic heterocycles. The SMILES string of the molecule is CCOC(=O)C1(CCCc2ccc(OCC3CC3)cc2)CCC1. The zero-order valence-electron chi connectivity index (χ0n) is 14.2. The molecule has 2 saturated carbocycles. The Kier molecular flexibility index (Phi) is 5.24. The van der Waals surface area contributed by atoms with Crippen LogP contribution in [0.4, 0.5) is 0 Å². The fourth-order valence-electron chi connectivity index (χ4n) is 3.33. The highest BCUT2D eigenvalue weighted by molar-refractivity contribution is 5.77. The first kappa shape index (κ1) is 16.4. The Morgan fingerprint density at radius 1 is 1.22 bits per heavy atom. The van der Waals surface area contributed by atoms with E-state index in [0.717, 1.165) is 56.8 Å². The largest absolute Gasteiger partial charge is 0.493 e. The summed E-state index contributed by atoms with van der Waals surface area (Å²) in [5.41, 5.74) is 1.14. The molecular weight excluding hydrogens is 288 g/mol. The minimum Gasteiger partial charge on any atom is -0.493 e. The molecule has 3 heteroatoms. The van der Waals surface area contributed by atoms with Gasteiger partial charge in [0.2, 0.25) is 0 Å². The van der Waals surface area contributed by atoms with E-state index in [1.807, 2.05) is 6.92 Å². The number of hydrogen-bond donors (Lipinski definition) is 0. The van der Waals surface area contributed by atoms with Crippen molar-refractivity contribution < 1.29 is 14.3 Å². The van der Waals surface area contributed by atoms with Gasteiger partial charge in [0, 0.05) is 0 Å². The Morgan fingerprint density at radius 3 is 2.52 bits per heavy atom. The number of hydrogen-bond acceptors (Lipinski definition) is 3. The number of carbonyl (C=O) groups excluding carboxylic acids is 1. The molecule has 1 aromatic carbocycles. The molecule has 126 valence electrons. The molecule has 0 N–H and O–H groups in total. The van der Waals surface area contributed by atoms with E-state index >= 15 is 0 Å². The van der Waals surface area contributed by atoms with Crippen LogP contribution >= 0.6 is 0 Å². The predicted octanol–water partition coefficient (Wildman–Crippen LogP) is 4.53. The summed E-state index contributed by atoms with van der Waals surface area (Å²) in [7, 11) is 0. The Labute approximate surface area is 139 Å². The minimum atomic E-state index is -0.177. The summed E-state index contributed by atoms with van der Waals surface area (Å²) in [6, 6.07) is 8.45. The van der Waals surface area contributed by atoms with Crippen LogP contribution in [0.3, 0.4) is 0 Å². The van der Waals surface area contributed by atoms with Gasteiger partial charge in [-0.2, -0.15) is 0 Å². The van der Waals surface area contributed by atoms with Gasteiger partial charge in [-0.25, -0.2) is 0 Å². The molecule has 3 nitrogen and oxygen atoms in total. The molecule has 2 aliphatic carbocycles. The Balaban J connectivity index is 1.43. The predicted molar refractivity (Wildman–Crippen MR) is 90.5 cm³/mol. The van der Waals surface area contributed by atoms with Crippen LogP contribution in [0.15, 0.2) is 24.3 Å². The van der Waals surface area contributed by atoms with Crippen molar-refractivity contribution >= 4 is 5.97 Å². The second kappa shape index (κ2) is 7.37. The summed E-state index contributed by atoms with van der Waals surface area (Å²) in [5.74, 6) is 1.79. The van der Waals surface area contributed by atoms with Gasteiger partial charge in [0.25, 0.3) is 0 Å². The highest BCUT2D eigenvalue weighted by Gasteiger charge is 2.44. The minimum absolute atomic E-state index is 0.0232. The van der Waals surface area contributed by atoms with Crippen molar-refractivity contribution in [1.82, 2.24) is 0 Å². The molecule has 0 bridgehead atoms. The smallest absolute Gasteiger partial charge is 0.312 e. The zero-order valence-corrected chi connectivity index (χ0v) is 14.2. The van der Waals surface area contributed by atoms with Crippen LogP contribution in [0.1, 0.15) is 57.4 Å². The van der Waals surface area contributed by atoms with Crippen molar-refractivity contribution in [2.75, 3.05) is 13.2 Å². The second-order valence-corrected chi connectivity index (χ2v) is 7.11. The summed E-state index contributed by atoms with van der Waals surface area (Å²) < 4.78 is 11.0. The van der Waals surface area contributed by atoms with Gasteiger partial charge in [0.15, 0.2) is 0 Å². The van der Waals surface area contributed by atoms with Crippen LogP contribution in [0.5, 0.6) is 5.75 Å². The monoisotopic (exact) mass is 316 g/mol. The van der Waals surface area contributed by atoms with Crippen LogP contribution < -0.4 is 4.74 Å². The molecule has 0 heterocycles. The highest BCUT2D eigenvalue weighted by atomic mass is 16.5. The van der Waals surface area contributed by atoms with E-state index in [2.05, 4.69) is 24.3 Å². The topological polar surface area (TPSA) is 35.5 Å². The van der Waals surface area contributed by atoms with Gasteiger partial charge in [-0.1, -0.05) is 18.6 Å². The summed E-state index contributed by atoms with van der Waals surface area (Å²) in [6.45, 7) is 3.24. The average Bonchev–Trinajstić information content (AvgIpc) is 3.33.